The molecule has 11 heteroatoms. The molecule has 2 aliphatic rings. The predicted molar refractivity (Wildman–Crippen MR) is 136 cm³/mol. The lowest BCUT2D eigenvalue weighted by atomic mass is 10.1. The summed E-state index contributed by atoms with van der Waals surface area (Å²) in [6.07, 6.45) is 5.11. The lowest BCUT2D eigenvalue weighted by Crippen LogP contribution is -2.87. The summed E-state index contributed by atoms with van der Waals surface area (Å²) in [5.41, 5.74) is 7.74. The number of piperazine rings is 1. The number of nitrogens with one attached hydrogen (secondary N) is 1. The number of nitrogens with zero attached hydrogens (tertiary/aromatic N) is 5. The molecule has 9 nitrogen and oxygen atoms in total. The van der Waals surface area contributed by atoms with Crippen molar-refractivity contribution < 1.29 is 19.5 Å². The van der Waals surface area contributed by atoms with E-state index >= 15 is 0 Å². The van der Waals surface area contributed by atoms with Crippen LogP contribution in [0.25, 0.3) is 6.08 Å². The van der Waals surface area contributed by atoms with Crippen molar-refractivity contribution in [3.63, 3.8) is 0 Å². The van der Waals surface area contributed by atoms with Crippen molar-refractivity contribution >= 4 is 29.4 Å². The number of hydrogen-bond acceptors (Lipinski definition) is 7. The van der Waals surface area contributed by atoms with Crippen molar-refractivity contribution in [2.45, 2.75) is 33.0 Å². The normalized spacial score (nSPS) is 18.9. The van der Waals surface area contributed by atoms with E-state index < -0.39 is 6.67 Å². The lowest BCUT2D eigenvalue weighted by molar-refractivity contribution is -0.812. The highest BCUT2D eigenvalue weighted by Crippen LogP contribution is 2.20. The molecule has 36 heavy (non-hydrogen) atoms. The number of hydrazine groups is 1. The Labute approximate surface area is 215 Å². The van der Waals surface area contributed by atoms with Crippen LogP contribution >= 0.6 is 11.6 Å². The van der Waals surface area contributed by atoms with Crippen LogP contribution in [0, 0.1) is 0 Å². The summed E-state index contributed by atoms with van der Waals surface area (Å²) in [5.74, 6) is 1.38. The summed E-state index contributed by atoms with van der Waals surface area (Å²) in [4.78, 5) is 21.6. The molecule has 3 heterocycles. The van der Waals surface area contributed by atoms with Crippen LogP contribution < -0.4 is 15.7 Å². The number of hydrogen-bond donors (Lipinski definition) is 2. The third kappa shape index (κ3) is 7.01. The molecule has 1 aromatic heterocycles. The van der Waals surface area contributed by atoms with E-state index in [1.165, 1.54) is 0 Å². The molecule has 192 valence electrons. The van der Waals surface area contributed by atoms with Crippen LogP contribution in [0.15, 0.2) is 47.7 Å². The molecule has 0 bridgehead atoms. The summed E-state index contributed by atoms with van der Waals surface area (Å²) in [6, 6.07) is 9.43. The van der Waals surface area contributed by atoms with Crippen LogP contribution in [0.4, 0.5) is 4.39 Å². The summed E-state index contributed by atoms with van der Waals surface area (Å²) < 4.78 is 17.5. The number of carbonyl (C=O) groups is 1. The Kier molecular flexibility index (Phi) is 8.87. The Balaban J connectivity index is 1.32. The average molecular weight is 517 g/mol. The molecular formula is C25H32ClFN7O2+. The van der Waals surface area contributed by atoms with Crippen LogP contribution in [0.5, 0.6) is 5.75 Å². The van der Waals surface area contributed by atoms with Gasteiger partial charge in [0.25, 0.3) is 0 Å². The SMILES string of the molecule is CC1=N[NH2+]N(Cc2cc(Cl)ccc2/C=C/C(=O)N2CCN(Cc3ccc(OCCF)cn3)C[C@H]2C)N1. The topological polar surface area (TPSA) is 89.9 Å². The monoisotopic (exact) mass is 516 g/mol. The second-order valence-electron chi connectivity index (χ2n) is 8.88. The number of quaternary nitrogens is 1. The van der Waals surface area contributed by atoms with Gasteiger partial charge in [0.15, 0.2) is 5.84 Å². The van der Waals surface area contributed by atoms with Gasteiger partial charge in [-0.15, -0.1) is 5.53 Å². The molecule has 0 radical (unpaired) electrons. The minimum atomic E-state index is -0.525. The van der Waals surface area contributed by atoms with E-state index in [0.29, 0.717) is 30.4 Å². The first-order valence-electron chi connectivity index (χ1n) is 12.0. The first-order chi connectivity index (χ1) is 17.4. The first-order valence-corrected chi connectivity index (χ1v) is 12.3. The molecule has 0 saturated carbocycles. The Morgan fingerprint density at radius 1 is 1.31 bits per heavy atom. The summed E-state index contributed by atoms with van der Waals surface area (Å²) >= 11 is 6.23. The van der Waals surface area contributed by atoms with Crippen LogP contribution in [0.1, 0.15) is 30.7 Å². The summed E-state index contributed by atoms with van der Waals surface area (Å²) in [6.45, 7) is 6.87. The van der Waals surface area contributed by atoms with Gasteiger partial charge in [-0.25, -0.2) is 4.39 Å². The van der Waals surface area contributed by atoms with E-state index in [-0.39, 0.29) is 18.6 Å². The number of pyridine rings is 1. The fourth-order valence-electron chi connectivity index (χ4n) is 4.30. The molecule has 2 aromatic rings. The maximum atomic E-state index is 13.0. The van der Waals surface area contributed by atoms with Gasteiger partial charge in [-0.3, -0.25) is 20.1 Å². The zero-order chi connectivity index (χ0) is 25.5. The Bertz CT molecular complexity index is 1110. The number of rotatable bonds is 9. The summed E-state index contributed by atoms with van der Waals surface area (Å²) in [7, 11) is 0. The fraction of sp³-hybridized carbons (Fsp3) is 0.400. The maximum Gasteiger partial charge on any atom is 0.246 e. The van der Waals surface area contributed by atoms with Gasteiger partial charge < -0.3 is 9.64 Å². The summed E-state index contributed by atoms with van der Waals surface area (Å²) in [5, 5.41) is 6.75. The number of alkyl halides is 1. The zero-order valence-electron chi connectivity index (χ0n) is 20.5. The number of benzene rings is 1. The first kappa shape index (κ1) is 26.0. The third-order valence-electron chi connectivity index (χ3n) is 6.07. The van der Waals surface area contributed by atoms with Crippen molar-refractivity contribution in [3.8, 4) is 5.75 Å². The van der Waals surface area contributed by atoms with Gasteiger partial charge in [-0.2, -0.15) is 0 Å². The predicted octanol–water partition coefficient (Wildman–Crippen LogP) is 1.96. The third-order valence-corrected chi connectivity index (χ3v) is 6.31. The van der Waals surface area contributed by atoms with Crippen molar-refractivity contribution in [2.24, 2.45) is 5.10 Å². The largest absolute Gasteiger partial charge is 0.489 e. The van der Waals surface area contributed by atoms with Crippen molar-refractivity contribution in [2.75, 3.05) is 32.9 Å². The van der Waals surface area contributed by atoms with Gasteiger partial charge >= 0.3 is 0 Å². The Hall–Kier alpha value is -3.05. The minimum absolute atomic E-state index is 0.0134. The smallest absolute Gasteiger partial charge is 0.246 e. The van der Waals surface area contributed by atoms with E-state index in [4.69, 9.17) is 16.3 Å². The van der Waals surface area contributed by atoms with E-state index in [0.717, 1.165) is 35.7 Å². The molecule has 0 spiro atoms. The second-order valence-corrected chi connectivity index (χ2v) is 9.32. The molecular weight excluding hydrogens is 485 g/mol. The van der Waals surface area contributed by atoms with Gasteiger partial charge in [0.05, 0.1) is 18.4 Å². The Morgan fingerprint density at radius 2 is 2.17 bits per heavy atom. The van der Waals surface area contributed by atoms with E-state index in [9.17, 15) is 9.18 Å². The molecule has 1 amide bonds. The average Bonchev–Trinajstić information content (AvgIpc) is 3.27. The quantitative estimate of drug-likeness (QED) is 0.391. The van der Waals surface area contributed by atoms with Gasteiger partial charge in [0.1, 0.15) is 19.0 Å². The number of carbonyl (C=O) groups excluding carboxylic acids is 1. The van der Waals surface area contributed by atoms with Crippen molar-refractivity contribution in [1.29, 1.82) is 0 Å². The maximum absolute atomic E-state index is 13.0. The van der Waals surface area contributed by atoms with Crippen LogP contribution in [0.3, 0.4) is 0 Å². The van der Waals surface area contributed by atoms with Crippen molar-refractivity contribution in [3.05, 3.63) is 64.4 Å². The van der Waals surface area contributed by atoms with Gasteiger partial charge in [-0.05, 0) is 58.6 Å². The number of halogens is 2. The molecule has 1 aromatic carbocycles. The highest BCUT2D eigenvalue weighted by molar-refractivity contribution is 6.30. The minimum Gasteiger partial charge on any atom is -0.489 e. The molecule has 3 N–H and O–H groups in total. The second kappa shape index (κ2) is 12.3. The van der Waals surface area contributed by atoms with Gasteiger partial charge in [0, 0.05) is 50.2 Å². The number of ether oxygens (including phenoxy) is 1. The molecule has 0 unspecified atom stereocenters. The highest BCUT2D eigenvalue weighted by atomic mass is 35.5. The Morgan fingerprint density at radius 3 is 2.86 bits per heavy atom. The van der Waals surface area contributed by atoms with Gasteiger partial charge in [-0.1, -0.05) is 17.7 Å². The van der Waals surface area contributed by atoms with E-state index in [1.54, 1.807) is 17.8 Å². The van der Waals surface area contributed by atoms with E-state index in [2.05, 4.69) is 27.3 Å². The van der Waals surface area contributed by atoms with Crippen molar-refractivity contribution in [1.82, 2.24) is 25.3 Å². The van der Waals surface area contributed by atoms with Crippen LogP contribution in [-0.4, -0.2) is 70.6 Å². The van der Waals surface area contributed by atoms with Gasteiger partial charge in [0.2, 0.25) is 5.91 Å². The van der Waals surface area contributed by atoms with E-state index in [1.807, 2.05) is 53.3 Å². The molecule has 1 atom stereocenters. The number of aromatic nitrogens is 1. The van der Waals surface area contributed by atoms with Crippen LogP contribution in [0.2, 0.25) is 5.02 Å². The fourth-order valence-corrected chi connectivity index (χ4v) is 4.49. The zero-order valence-corrected chi connectivity index (χ0v) is 21.3. The highest BCUT2D eigenvalue weighted by Gasteiger charge is 2.26. The lowest BCUT2D eigenvalue weighted by Gasteiger charge is -2.39. The standard InChI is InChI=1S/C25H31ClFN7O2/c1-18-15-32(17-23-6-7-24(14-28-23)36-12-9-27)10-11-33(18)25(35)8-4-20-3-5-22(26)13-21(20)16-34-30-19(2)29-31-34/h3-8,13-14,18,31H,9-12,15-17H2,1-2H3,(H,29,30)/p+1/b8-4+/t18-/m1/s1. The number of amides is 1. The molecule has 2 aliphatic heterocycles. The molecule has 0 aliphatic carbocycles. The number of nitrogens with two attached hydrogens (primary N) is 1. The molecule has 4 rings (SSSR count). The number of amidine groups is 1. The molecule has 1 saturated heterocycles. The molecule has 1 fully saturated rings. The van der Waals surface area contributed by atoms with Crippen LogP contribution in [-0.2, 0) is 17.9 Å².